The highest BCUT2D eigenvalue weighted by Gasteiger charge is 2.18. The zero-order valence-corrected chi connectivity index (χ0v) is 12.7. The molecule has 2 aromatic rings. The van der Waals surface area contributed by atoms with Crippen LogP contribution in [-0.2, 0) is 0 Å². The predicted molar refractivity (Wildman–Crippen MR) is 80.2 cm³/mol. The van der Waals surface area contributed by atoms with Crippen LogP contribution in [0.1, 0.15) is 6.92 Å². The Bertz CT molecular complexity index is 628. The molecule has 0 fully saturated rings. The third kappa shape index (κ3) is 2.45. The fourth-order valence-electron chi connectivity index (χ4n) is 2.07. The quantitative estimate of drug-likeness (QED) is 0.733. The Labute approximate surface area is 125 Å². The van der Waals surface area contributed by atoms with Gasteiger partial charge in [-0.1, -0.05) is 29.8 Å². The molecule has 1 heterocycles. The van der Waals surface area contributed by atoms with E-state index < -0.39 is 0 Å². The largest absolute Gasteiger partial charge is 0.486 e. The van der Waals surface area contributed by atoms with Crippen LogP contribution in [0, 0.1) is 0 Å². The SMILES string of the molecule is CC1COc2cc(-c3cccc(Br)c3Cl)ccc2O1. The minimum atomic E-state index is 0.0906. The summed E-state index contributed by atoms with van der Waals surface area (Å²) in [4.78, 5) is 0. The number of hydrogen-bond donors (Lipinski definition) is 0. The predicted octanol–water partition coefficient (Wildman–Crippen LogP) is 4.93. The van der Waals surface area contributed by atoms with Gasteiger partial charge in [0.05, 0.1) is 5.02 Å². The Morgan fingerprint density at radius 3 is 2.89 bits per heavy atom. The van der Waals surface area contributed by atoms with Crippen LogP contribution < -0.4 is 9.47 Å². The van der Waals surface area contributed by atoms with Crippen LogP contribution in [0.2, 0.25) is 5.02 Å². The number of halogens is 2. The minimum absolute atomic E-state index is 0.0906. The Kier molecular flexibility index (Phi) is 3.42. The van der Waals surface area contributed by atoms with Gasteiger partial charge in [-0.15, -0.1) is 0 Å². The fraction of sp³-hybridized carbons (Fsp3) is 0.200. The monoisotopic (exact) mass is 338 g/mol. The molecule has 4 heteroatoms. The second-order valence-corrected chi connectivity index (χ2v) is 5.73. The highest BCUT2D eigenvalue weighted by Crippen LogP contribution is 2.39. The maximum Gasteiger partial charge on any atom is 0.162 e. The number of hydrogen-bond acceptors (Lipinski definition) is 2. The van der Waals surface area contributed by atoms with Gasteiger partial charge in [0.1, 0.15) is 12.7 Å². The van der Waals surface area contributed by atoms with E-state index in [4.69, 9.17) is 21.1 Å². The molecule has 98 valence electrons. The molecule has 0 amide bonds. The van der Waals surface area contributed by atoms with Gasteiger partial charge in [-0.25, -0.2) is 0 Å². The summed E-state index contributed by atoms with van der Waals surface area (Å²) in [5, 5.41) is 0.701. The van der Waals surface area contributed by atoms with E-state index in [0.717, 1.165) is 27.1 Å². The van der Waals surface area contributed by atoms with E-state index in [1.807, 2.05) is 43.3 Å². The maximum atomic E-state index is 6.32. The van der Waals surface area contributed by atoms with Crippen LogP contribution in [0.5, 0.6) is 11.5 Å². The van der Waals surface area contributed by atoms with E-state index in [-0.39, 0.29) is 6.10 Å². The maximum absolute atomic E-state index is 6.32. The van der Waals surface area contributed by atoms with E-state index in [9.17, 15) is 0 Å². The molecule has 1 aliphatic heterocycles. The molecule has 1 unspecified atom stereocenters. The second-order valence-electron chi connectivity index (χ2n) is 4.50. The topological polar surface area (TPSA) is 18.5 Å². The molecule has 0 bridgehead atoms. The van der Waals surface area contributed by atoms with Crippen LogP contribution >= 0.6 is 27.5 Å². The van der Waals surface area contributed by atoms with Gasteiger partial charge in [-0.3, -0.25) is 0 Å². The van der Waals surface area contributed by atoms with Gasteiger partial charge in [0, 0.05) is 10.0 Å². The summed E-state index contributed by atoms with van der Waals surface area (Å²) in [6.45, 7) is 2.56. The van der Waals surface area contributed by atoms with Crippen molar-refractivity contribution in [3.63, 3.8) is 0 Å². The molecular formula is C15H12BrClO2. The molecule has 2 nitrogen and oxygen atoms in total. The first-order chi connectivity index (χ1) is 9.15. The van der Waals surface area contributed by atoms with Gasteiger partial charge >= 0.3 is 0 Å². The third-order valence-electron chi connectivity index (χ3n) is 3.01. The van der Waals surface area contributed by atoms with Crippen molar-refractivity contribution >= 4 is 27.5 Å². The lowest BCUT2D eigenvalue weighted by atomic mass is 10.0. The number of ether oxygens (including phenoxy) is 2. The zero-order chi connectivity index (χ0) is 13.4. The van der Waals surface area contributed by atoms with Crippen molar-refractivity contribution in [1.29, 1.82) is 0 Å². The molecule has 1 atom stereocenters. The lowest BCUT2D eigenvalue weighted by Gasteiger charge is -2.24. The van der Waals surface area contributed by atoms with Gasteiger partial charge in [0.15, 0.2) is 11.5 Å². The molecule has 0 spiro atoms. The Morgan fingerprint density at radius 1 is 1.21 bits per heavy atom. The molecule has 0 saturated heterocycles. The van der Waals surface area contributed by atoms with Gasteiger partial charge in [-0.05, 0) is 46.6 Å². The molecule has 0 aromatic heterocycles. The molecule has 0 N–H and O–H groups in total. The van der Waals surface area contributed by atoms with Gasteiger partial charge in [0.2, 0.25) is 0 Å². The first-order valence-corrected chi connectivity index (χ1v) is 7.20. The van der Waals surface area contributed by atoms with Crippen LogP contribution in [0.15, 0.2) is 40.9 Å². The van der Waals surface area contributed by atoms with E-state index in [1.165, 1.54) is 0 Å². The fourth-order valence-corrected chi connectivity index (χ4v) is 2.67. The van der Waals surface area contributed by atoms with Crippen LogP contribution in [-0.4, -0.2) is 12.7 Å². The number of benzene rings is 2. The lowest BCUT2D eigenvalue weighted by Crippen LogP contribution is -2.25. The number of rotatable bonds is 1. The highest BCUT2D eigenvalue weighted by atomic mass is 79.9. The number of fused-ring (bicyclic) bond motifs is 1. The summed E-state index contributed by atoms with van der Waals surface area (Å²) in [5.74, 6) is 1.56. The van der Waals surface area contributed by atoms with Gasteiger partial charge in [0.25, 0.3) is 0 Å². The molecule has 19 heavy (non-hydrogen) atoms. The van der Waals surface area contributed by atoms with Crippen molar-refractivity contribution in [2.45, 2.75) is 13.0 Å². The van der Waals surface area contributed by atoms with Crippen LogP contribution in [0.3, 0.4) is 0 Å². The zero-order valence-electron chi connectivity index (χ0n) is 10.3. The van der Waals surface area contributed by atoms with Gasteiger partial charge in [-0.2, -0.15) is 0 Å². The summed E-state index contributed by atoms with van der Waals surface area (Å²) in [7, 11) is 0. The van der Waals surface area contributed by atoms with Gasteiger partial charge < -0.3 is 9.47 Å². The first-order valence-electron chi connectivity index (χ1n) is 6.03. The van der Waals surface area contributed by atoms with Crippen molar-refractivity contribution in [3.05, 3.63) is 45.9 Å². The molecule has 2 aromatic carbocycles. The minimum Gasteiger partial charge on any atom is -0.486 e. The molecule has 0 radical (unpaired) electrons. The standard InChI is InChI=1S/C15H12BrClO2/c1-9-8-18-14-7-10(5-6-13(14)19-9)11-3-2-4-12(16)15(11)17/h2-7,9H,8H2,1H3. The summed E-state index contributed by atoms with van der Waals surface area (Å²) >= 11 is 9.75. The first kappa shape index (κ1) is 12.8. The van der Waals surface area contributed by atoms with Crippen molar-refractivity contribution in [2.24, 2.45) is 0 Å². The van der Waals surface area contributed by atoms with Crippen LogP contribution in [0.25, 0.3) is 11.1 Å². The smallest absolute Gasteiger partial charge is 0.162 e. The van der Waals surface area contributed by atoms with Crippen molar-refractivity contribution in [2.75, 3.05) is 6.61 Å². The van der Waals surface area contributed by atoms with Crippen LogP contribution in [0.4, 0.5) is 0 Å². The van der Waals surface area contributed by atoms with Crippen molar-refractivity contribution in [1.82, 2.24) is 0 Å². The average Bonchev–Trinajstić information content (AvgIpc) is 2.41. The molecule has 3 rings (SSSR count). The van der Waals surface area contributed by atoms with E-state index >= 15 is 0 Å². The Balaban J connectivity index is 2.05. The van der Waals surface area contributed by atoms with Crippen molar-refractivity contribution in [3.8, 4) is 22.6 Å². The van der Waals surface area contributed by atoms with E-state index in [1.54, 1.807) is 0 Å². The normalized spacial score (nSPS) is 17.3. The van der Waals surface area contributed by atoms with Crippen molar-refractivity contribution < 1.29 is 9.47 Å². The molecule has 1 aliphatic rings. The molecule has 0 aliphatic carbocycles. The second kappa shape index (κ2) is 5.06. The Morgan fingerprint density at radius 2 is 2.05 bits per heavy atom. The summed E-state index contributed by atoms with van der Waals surface area (Å²) < 4.78 is 12.3. The molecule has 0 saturated carbocycles. The lowest BCUT2D eigenvalue weighted by molar-refractivity contribution is 0.104. The highest BCUT2D eigenvalue weighted by molar-refractivity contribution is 9.10. The third-order valence-corrected chi connectivity index (χ3v) is 4.30. The average molecular weight is 340 g/mol. The van der Waals surface area contributed by atoms with E-state index in [0.29, 0.717) is 11.6 Å². The summed E-state index contributed by atoms with van der Waals surface area (Å²) in [6.07, 6.45) is 0.0906. The molecular weight excluding hydrogens is 328 g/mol. The Hall–Kier alpha value is -1.19. The summed E-state index contributed by atoms with van der Waals surface area (Å²) in [5.41, 5.74) is 1.99. The van der Waals surface area contributed by atoms with E-state index in [2.05, 4.69) is 15.9 Å². The summed E-state index contributed by atoms with van der Waals surface area (Å²) in [6, 6.07) is 11.8.